The fraction of sp³-hybridized carbons (Fsp3) is 0.611. The van der Waals surface area contributed by atoms with Crippen LogP contribution in [0.25, 0.3) is 0 Å². The molecule has 1 saturated heterocycles. The molecule has 2 rings (SSSR count). The summed E-state index contributed by atoms with van der Waals surface area (Å²) in [5.41, 5.74) is 1.26. The topological polar surface area (TPSA) is 68.2 Å². The lowest BCUT2D eigenvalue weighted by atomic mass is 10.2. The maximum absolute atomic E-state index is 11.7. The number of hydrogen-bond acceptors (Lipinski definition) is 4. The average molecular weight is 509 g/mol. The van der Waals surface area contributed by atoms with Crippen molar-refractivity contribution >= 4 is 45.6 Å². The Balaban J connectivity index is 0.00000364. The number of halogens is 1. The Bertz CT molecular complexity index is 676. The van der Waals surface area contributed by atoms with E-state index >= 15 is 0 Å². The van der Waals surface area contributed by atoms with Crippen molar-refractivity contribution in [2.45, 2.75) is 13.3 Å². The van der Waals surface area contributed by atoms with E-state index in [1.54, 1.807) is 21.0 Å². The second-order valence-electron chi connectivity index (χ2n) is 6.36. The third kappa shape index (κ3) is 7.11. The number of piperazine rings is 1. The van der Waals surface area contributed by atoms with Crippen molar-refractivity contribution in [2.24, 2.45) is 4.99 Å². The van der Waals surface area contributed by atoms with E-state index < -0.39 is 10.0 Å². The van der Waals surface area contributed by atoms with Crippen molar-refractivity contribution in [1.29, 1.82) is 0 Å². The molecule has 1 aromatic rings. The Labute approximate surface area is 180 Å². The Morgan fingerprint density at radius 3 is 2.37 bits per heavy atom. The summed E-state index contributed by atoms with van der Waals surface area (Å²) < 4.78 is 24.9. The summed E-state index contributed by atoms with van der Waals surface area (Å²) in [6, 6.07) is 10.5. The number of guanidine groups is 1. The van der Waals surface area contributed by atoms with Gasteiger partial charge < -0.3 is 15.1 Å². The minimum Gasteiger partial charge on any atom is -0.368 e. The van der Waals surface area contributed by atoms with Crippen molar-refractivity contribution in [3.8, 4) is 0 Å². The van der Waals surface area contributed by atoms with Crippen molar-refractivity contribution < 1.29 is 8.42 Å². The molecule has 0 bridgehead atoms. The summed E-state index contributed by atoms with van der Waals surface area (Å²) in [6.45, 7) is 6.64. The summed E-state index contributed by atoms with van der Waals surface area (Å²) in [6.07, 6.45) is 0.749. The molecule has 0 atom stereocenters. The number of nitrogens with zero attached hydrogens (tertiary/aromatic N) is 4. The zero-order chi connectivity index (χ0) is 19.0. The lowest BCUT2D eigenvalue weighted by Gasteiger charge is -2.37. The molecule has 27 heavy (non-hydrogen) atoms. The zero-order valence-corrected chi connectivity index (χ0v) is 19.6. The SMILES string of the molecule is CCS(=O)(=O)N(C)CCCNC(=NC)N1CCN(c2ccccc2)CC1.I. The van der Waals surface area contributed by atoms with Crippen LogP contribution in [0.2, 0.25) is 0 Å². The zero-order valence-electron chi connectivity index (χ0n) is 16.5. The van der Waals surface area contributed by atoms with Crippen molar-refractivity contribution in [3.63, 3.8) is 0 Å². The molecule has 0 spiro atoms. The highest BCUT2D eigenvalue weighted by molar-refractivity contribution is 14.0. The van der Waals surface area contributed by atoms with Crippen molar-refractivity contribution in [1.82, 2.24) is 14.5 Å². The van der Waals surface area contributed by atoms with E-state index in [0.717, 1.165) is 38.6 Å². The van der Waals surface area contributed by atoms with E-state index in [2.05, 4.69) is 44.4 Å². The van der Waals surface area contributed by atoms with Crippen LogP contribution in [0, 0.1) is 0 Å². The number of rotatable bonds is 7. The predicted octanol–water partition coefficient (Wildman–Crippen LogP) is 1.67. The number of hydrogen-bond donors (Lipinski definition) is 1. The van der Waals surface area contributed by atoms with Gasteiger partial charge in [-0.25, -0.2) is 12.7 Å². The van der Waals surface area contributed by atoms with E-state index in [9.17, 15) is 8.42 Å². The molecule has 0 aliphatic carbocycles. The van der Waals surface area contributed by atoms with Crippen LogP contribution in [-0.2, 0) is 10.0 Å². The molecule has 1 aromatic carbocycles. The predicted molar refractivity (Wildman–Crippen MR) is 124 cm³/mol. The van der Waals surface area contributed by atoms with Crippen LogP contribution >= 0.6 is 24.0 Å². The van der Waals surface area contributed by atoms with Crippen LogP contribution in [0.1, 0.15) is 13.3 Å². The van der Waals surface area contributed by atoms with E-state index in [0.29, 0.717) is 13.1 Å². The third-order valence-electron chi connectivity index (χ3n) is 4.68. The van der Waals surface area contributed by atoms with Crippen LogP contribution in [0.15, 0.2) is 35.3 Å². The van der Waals surface area contributed by atoms with Crippen LogP contribution in [-0.4, -0.2) is 82.7 Å². The molecule has 9 heteroatoms. The highest BCUT2D eigenvalue weighted by atomic mass is 127. The highest BCUT2D eigenvalue weighted by Crippen LogP contribution is 2.15. The molecule has 1 aliphatic rings. The molecule has 0 unspecified atom stereocenters. The molecule has 0 aromatic heterocycles. The van der Waals surface area contributed by atoms with E-state index in [1.165, 1.54) is 9.99 Å². The van der Waals surface area contributed by atoms with Crippen molar-refractivity contribution in [2.75, 3.05) is 64.0 Å². The van der Waals surface area contributed by atoms with Gasteiger partial charge in [0.05, 0.1) is 5.75 Å². The van der Waals surface area contributed by atoms with E-state index in [4.69, 9.17) is 0 Å². The van der Waals surface area contributed by atoms with Gasteiger partial charge in [0.2, 0.25) is 10.0 Å². The Morgan fingerprint density at radius 2 is 1.81 bits per heavy atom. The second-order valence-corrected chi connectivity index (χ2v) is 8.72. The first kappa shape index (κ1) is 24.0. The fourth-order valence-corrected chi connectivity index (χ4v) is 3.86. The van der Waals surface area contributed by atoms with E-state index in [1.807, 2.05) is 6.07 Å². The highest BCUT2D eigenvalue weighted by Gasteiger charge is 2.20. The summed E-state index contributed by atoms with van der Waals surface area (Å²) >= 11 is 0. The molecule has 0 amide bonds. The lowest BCUT2D eigenvalue weighted by molar-refractivity contribution is 0.371. The van der Waals surface area contributed by atoms with Crippen LogP contribution in [0.3, 0.4) is 0 Å². The second kappa shape index (κ2) is 11.7. The monoisotopic (exact) mass is 509 g/mol. The normalized spacial score (nSPS) is 15.6. The maximum atomic E-state index is 11.7. The number of benzene rings is 1. The first-order valence-electron chi connectivity index (χ1n) is 9.17. The molecule has 1 N–H and O–H groups in total. The molecular weight excluding hydrogens is 477 g/mol. The molecule has 1 fully saturated rings. The lowest BCUT2D eigenvalue weighted by Crippen LogP contribution is -2.52. The number of para-hydroxylation sites is 1. The summed E-state index contributed by atoms with van der Waals surface area (Å²) in [4.78, 5) is 9.01. The van der Waals surface area contributed by atoms with Crippen LogP contribution in [0.5, 0.6) is 0 Å². The fourth-order valence-electron chi connectivity index (χ4n) is 3.01. The first-order chi connectivity index (χ1) is 12.5. The van der Waals surface area contributed by atoms with Gasteiger partial charge in [-0.3, -0.25) is 4.99 Å². The van der Waals surface area contributed by atoms with Gasteiger partial charge in [-0.15, -0.1) is 24.0 Å². The Morgan fingerprint density at radius 1 is 1.19 bits per heavy atom. The van der Waals surface area contributed by atoms with Gasteiger partial charge in [0, 0.05) is 59.1 Å². The van der Waals surface area contributed by atoms with Crippen molar-refractivity contribution in [3.05, 3.63) is 30.3 Å². The summed E-state index contributed by atoms with van der Waals surface area (Å²) in [5, 5.41) is 3.35. The Hall–Kier alpha value is -1.07. The number of anilines is 1. The summed E-state index contributed by atoms with van der Waals surface area (Å²) in [7, 11) is 0.329. The quantitative estimate of drug-likeness (QED) is 0.262. The minimum atomic E-state index is -3.10. The molecule has 154 valence electrons. The van der Waals surface area contributed by atoms with Gasteiger partial charge in [-0.05, 0) is 25.5 Å². The van der Waals surface area contributed by atoms with Crippen LogP contribution in [0.4, 0.5) is 5.69 Å². The molecule has 0 radical (unpaired) electrons. The maximum Gasteiger partial charge on any atom is 0.213 e. The standard InChI is InChI=1S/C18H31N5O2S.HI/c1-4-26(24,25)21(3)12-8-11-20-18(19-2)23-15-13-22(14-16-23)17-9-6-5-7-10-17;/h5-7,9-10H,4,8,11-16H2,1-3H3,(H,19,20);1H. The van der Waals surface area contributed by atoms with Gasteiger partial charge >= 0.3 is 0 Å². The van der Waals surface area contributed by atoms with E-state index in [-0.39, 0.29) is 29.7 Å². The van der Waals surface area contributed by atoms with Gasteiger partial charge in [0.25, 0.3) is 0 Å². The van der Waals surface area contributed by atoms with Gasteiger partial charge in [0.1, 0.15) is 0 Å². The number of sulfonamides is 1. The minimum absolute atomic E-state index is 0. The smallest absolute Gasteiger partial charge is 0.213 e. The molecule has 7 nitrogen and oxygen atoms in total. The molecule has 0 saturated carbocycles. The average Bonchev–Trinajstić information content (AvgIpc) is 2.68. The molecular formula is C18H32IN5O2S. The summed E-state index contributed by atoms with van der Waals surface area (Å²) in [5.74, 6) is 1.03. The number of nitrogens with one attached hydrogen (secondary N) is 1. The molecule has 1 heterocycles. The molecule has 1 aliphatic heterocycles. The first-order valence-corrected chi connectivity index (χ1v) is 10.8. The Kier molecular flexibility index (Phi) is 10.4. The van der Waals surface area contributed by atoms with Crippen LogP contribution < -0.4 is 10.2 Å². The largest absolute Gasteiger partial charge is 0.368 e. The number of aliphatic imine (C=N–C) groups is 1. The van der Waals surface area contributed by atoms with Gasteiger partial charge in [0.15, 0.2) is 5.96 Å². The van der Waals surface area contributed by atoms with Gasteiger partial charge in [-0.1, -0.05) is 18.2 Å². The third-order valence-corrected chi connectivity index (χ3v) is 6.55. The van der Waals surface area contributed by atoms with Gasteiger partial charge in [-0.2, -0.15) is 0 Å².